The lowest BCUT2D eigenvalue weighted by atomic mass is 10.2. The Balaban J connectivity index is 0.000000217. The van der Waals surface area contributed by atoms with Crippen molar-refractivity contribution in [1.82, 2.24) is 0 Å². The highest BCUT2D eigenvalue weighted by Crippen LogP contribution is 2.07. The van der Waals surface area contributed by atoms with Gasteiger partial charge in [-0.3, -0.25) is 0 Å². The molecule has 68 valence electrons. The van der Waals surface area contributed by atoms with E-state index in [4.69, 9.17) is 11.6 Å². The average molecular weight is 185 g/mol. The van der Waals surface area contributed by atoms with Crippen molar-refractivity contribution in [3.05, 3.63) is 35.9 Å². The molecule has 0 radical (unpaired) electrons. The zero-order valence-electron chi connectivity index (χ0n) is 8.26. The summed E-state index contributed by atoms with van der Waals surface area (Å²) >= 11 is 5.53. The molecule has 0 amide bonds. The monoisotopic (exact) mass is 184 g/mol. The van der Waals surface area contributed by atoms with E-state index in [9.17, 15) is 0 Å². The molecule has 0 saturated carbocycles. The Labute approximate surface area is 80.6 Å². The van der Waals surface area contributed by atoms with E-state index in [0.717, 1.165) is 0 Å². The molecule has 1 aromatic carbocycles. The summed E-state index contributed by atoms with van der Waals surface area (Å²) in [6.45, 7) is 7.94. The third-order valence-corrected chi connectivity index (χ3v) is 0.940. The molecule has 0 aliphatic heterocycles. The minimum Gasteiger partial charge on any atom is -0.120 e. The third kappa shape index (κ3) is 12.2. The second-order valence-corrected chi connectivity index (χ2v) is 4.86. The van der Waals surface area contributed by atoms with Crippen LogP contribution in [0.1, 0.15) is 26.3 Å². The van der Waals surface area contributed by atoms with Crippen molar-refractivity contribution in [2.75, 3.05) is 0 Å². The van der Waals surface area contributed by atoms with E-state index in [0.29, 0.717) is 0 Å². The molecule has 0 atom stereocenters. The number of hydrogen-bond donors (Lipinski definition) is 0. The van der Waals surface area contributed by atoms with Crippen LogP contribution in [0.15, 0.2) is 30.3 Å². The number of alkyl halides is 1. The first-order valence-corrected chi connectivity index (χ1v) is 4.48. The maximum atomic E-state index is 5.53. The van der Waals surface area contributed by atoms with Gasteiger partial charge in [0.15, 0.2) is 0 Å². The van der Waals surface area contributed by atoms with Gasteiger partial charge in [-0.05, 0) is 27.7 Å². The highest BCUT2D eigenvalue weighted by atomic mass is 35.5. The first-order chi connectivity index (χ1) is 5.39. The van der Waals surface area contributed by atoms with Crippen LogP contribution in [-0.4, -0.2) is 4.87 Å². The molecule has 0 N–H and O–H groups in total. The van der Waals surface area contributed by atoms with Gasteiger partial charge in [-0.2, -0.15) is 0 Å². The molecular formula is C11H17Cl. The van der Waals surface area contributed by atoms with Crippen LogP contribution in [0, 0.1) is 6.92 Å². The van der Waals surface area contributed by atoms with Crippen LogP contribution in [0.5, 0.6) is 0 Å². The Morgan fingerprint density at radius 3 is 1.50 bits per heavy atom. The molecule has 1 rings (SSSR count). The van der Waals surface area contributed by atoms with Crippen molar-refractivity contribution in [3.63, 3.8) is 0 Å². The van der Waals surface area contributed by atoms with Gasteiger partial charge in [0.05, 0.1) is 0 Å². The Kier molecular flexibility index (Phi) is 5.00. The van der Waals surface area contributed by atoms with E-state index in [-0.39, 0.29) is 4.87 Å². The Morgan fingerprint density at radius 1 is 1.00 bits per heavy atom. The summed E-state index contributed by atoms with van der Waals surface area (Å²) in [5.41, 5.74) is 1.32. The van der Waals surface area contributed by atoms with Crippen molar-refractivity contribution in [3.8, 4) is 0 Å². The van der Waals surface area contributed by atoms with E-state index in [2.05, 4.69) is 19.1 Å². The summed E-state index contributed by atoms with van der Waals surface area (Å²) in [4.78, 5) is -0.0278. The largest absolute Gasteiger partial charge is 0.120 e. The van der Waals surface area contributed by atoms with Crippen LogP contribution in [-0.2, 0) is 0 Å². The van der Waals surface area contributed by atoms with Crippen LogP contribution in [0.25, 0.3) is 0 Å². The lowest BCUT2D eigenvalue weighted by molar-refractivity contribution is 0.788. The number of benzene rings is 1. The molecule has 0 spiro atoms. The summed E-state index contributed by atoms with van der Waals surface area (Å²) in [5, 5.41) is 0. The second-order valence-electron chi connectivity index (χ2n) is 3.72. The molecular weight excluding hydrogens is 168 g/mol. The SMILES string of the molecule is CC(C)(C)Cl.Cc1ccccc1. The number of halogens is 1. The lowest BCUT2D eigenvalue weighted by Gasteiger charge is -2.01. The molecule has 0 fully saturated rings. The van der Waals surface area contributed by atoms with Gasteiger partial charge < -0.3 is 0 Å². The summed E-state index contributed by atoms with van der Waals surface area (Å²) < 4.78 is 0. The minimum atomic E-state index is -0.0278. The van der Waals surface area contributed by atoms with Gasteiger partial charge in [0, 0.05) is 4.87 Å². The fourth-order valence-corrected chi connectivity index (χ4v) is 0.534. The molecule has 0 saturated heterocycles. The van der Waals surface area contributed by atoms with E-state index < -0.39 is 0 Å². The highest BCUT2D eigenvalue weighted by molar-refractivity contribution is 6.23. The summed E-state index contributed by atoms with van der Waals surface area (Å²) in [7, 11) is 0. The lowest BCUT2D eigenvalue weighted by Crippen LogP contribution is -1.99. The van der Waals surface area contributed by atoms with Gasteiger partial charge in [0.25, 0.3) is 0 Å². The van der Waals surface area contributed by atoms with E-state index in [1.54, 1.807) is 0 Å². The smallest absolute Gasteiger partial charge is 0.0362 e. The van der Waals surface area contributed by atoms with E-state index >= 15 is 0 Å². The Bertz CT molecular complexity index is 190. The van der Waals surface area contributed by atoms with Crippen LogP contribution < -0.4 is 0 Å². The van der Waals surface area contributed by atoms with Gasteiger partial charge in [-0.15, -0.1) is 11.6 Å². The maximum Gasteiger partial charge on any atom is 0.0362 e. The molecule has 0 aliphatic carbocycles. The molecule has 0 heterocycles. The van der Waals surface area contributed by atoms with Crippen molar-refractivity contribution < 1.29 is 0 Å². The van der Waals surface area contributed by atoms with Crippen molar-refractivity contribution in [2.45, 2.75) is 32.6 Å². The van der Waals surface area contributed by atoms with Crippen LogP contribution in [0.3, 0.4) is 0 Å². The van der Waals surface area contributed by atoms with Crippen molar-refractivity contribution in [2.24, 2.45) is 0 Å². The van der Waals surface area contributed by atoms with Gasteiger partial charge in [0.2, 0.25) is 0 Å². The van der Waals surface area contributed by atoms with Crippen molar-refractivity contribution in [1.29, 1.82) is 0 Å². The normalized spacial score (nSPS) is 10.1. The van der Waals surface area contributed by atoms with Gasteiger partial charge >= 0.3 is 0 Å². The van der Waals surface area contributed by atoms with Gasteiger partial charge in [0.1, 0.15) is 0 Å². The van der Waals surface area contributed by atoms with Gasteiger partial charge in [-0.25, -0.2) is 0 Å². The molecule has 0 nitrogen and oxygen atoms in total. The zero-order valence-corrected chi connectivity index (χ0v) is 9.02. The first-order valence-electron chi connectivity index (χ1n) is 4.10. The van der Waals surface area contributed by atoms with E-state index in [1.165, 1.54) is 5.56 Å². The predicted molar refractivity (Wildman–Crippen MR) is 56.8 cm³/mol. The Hall–Kier alpha value is -0.490. The predicted octanol–water partition coefficient (Wildman–Crippen LogP) is 4.02. The van der Waals surface area contributed by atoms with Crippen LogP contribution in [0.4, 0.5) is 0 Å². The summed E-state index contributed by atoms with van der Waals surface area (Å²) in [6.07, 6.45) is 0. The molecule has 1 aromatic rings. The molecule has 1 heteroatoms. The average Bonchev–Trinajstić information content (AvgIpc) is 1.85. The van der Waals surface area contributed by atoms with E-state index in [1.807, 2.05) is 39.0 Å². The first kappa shape index (κ1) is 11.5. The summed E-state index contributed by atoms with van der Waals surface area (Å²) in [5.74, 6) is 0. The summed E-state index contributed by atoms with van der Waals surface area (Å²) in [6, 6.07) is 10.3. The minimum absolute atomic E-state index is 0.0278. The number of rotatable bonds is 0. The maximum absolute atomic E-state index is 5.53. The highest BCUT2D eigenvalue weighted by Gasteiger charge is 1.99. The van der Waals surface area contributed by atoms with Gasteiger partial charge in [-0.1, -0.05) is 35.9 Å². The van der Waals surface area contributed by atoms with Crippen LogP contribution >= 0.6 is 11.6 Å². The third-order valence-electron chi connectivity index (χ3n) is 0.940. The molecule has 0 unspecified atom stereocenters. The quantitative estimate of drug-likeness (QED) is 0.535. The van der Waals surface area contributed by atoms with Crippen LogP contribution in [0.2, 0.25) is 0 Å². The fraction of sp³-hybridized carbons (Fsp3) is 0.455. The molecule has 0 aromatic heterocycles. The molecule has 0 bridgehead atoms. The standard InChI is InChI=1S/C7H8.C4H9Cl/c1-7-5-3-2-4-6-7;1-4(2,3)5/h2-6H,1H3;1-3H3. The molecule has 0 aliphatic rings. The second kappa shape index (κ2) is 5.21. The Morgan fingerprint density at radius 2 is 1.33 bits per heavy atom. The zero-order chi connectivity index (χ0) is 9.61. The number of aryl methyl sites for hydroxylation is 1. The number of hydrogen-bond acceptors (Lipinski definition) is 0. The van der Waals surface area contributed by atoms with Crippen molar-refractivity contribution >= 4 is 11.6 Å². The topological polar surface area (TPSA) is 0 Å². The fourth-order valence-electron chi connectivity index (χ4n) is 0.534. The molecule has 12 heavy (non-hydrogen) atoms.